The minimum absolute atomic E-state index is 0.0113. The zero-order chi connectivity index (χ0) is 11.8. The van der Waals surface area contributed by atoms with E-state index in [2.05, 4.69) is 0 Å². The molecule has 0 bridgehead atoms. The predicted molar refractivity (Wildman–Crippen MR) is 55.1 cm³/mol. The zero-order valence-electron chi connectivity index (χ0n) is 9.73. The Kier molecular flexibility index (Phi) is 3.41. The SMILES string of the molecule is CC[C@@H](C)[C@@H](O)[C@@]1(C)OC(=O)[C@H](C)[C@@H]1O. The molecule has 1 saturated heterocycles. The molecule has 0 spiro atoms. The van der Waals surface area contributed by atoms with Gasteiger partial charge in [0.25, 0.3) is 0 Å². The van der Waals surface area contributed by atoms with E-state index in [4.69, 9.17) is 4.74 Å². The van der Waals surface area contributed by atoms with Gasteiger partial charge < -0.3 is 14.9 Å². The lowest BCUT2D eigenvalue weighted by Crippen LogP contribution is -2.51. The van der Waals surface area contributed by atoms with Crippen molar-refractivity contribution in [3.05, 3.63) is 0 Å². The van der Waals surface area contributed by atoms with Crippen LogP contribution in [-0.4, -0.2) is 34.0 Å². The summed E-state index contributed by atoms with van der Waals surface area (Å²) < 4.78 is 5.12. The Morgan fingerprint density at radius 3 is 2.47 bits per heavy atom. The van der Waals surface area contributed by atoms with Crippen molar-refractivity contribution in [3.63, 3.8) is 0 Å². The molecule has 4 heteroatoms. The fraction of sp³-hybridized carbons (Fsp3) is 0.909. The summed E-state index contributed by atoms with van der Waals surface area (Å²) in [4.78, 5) is 11.3. The van der Waals surface area contributed by atoms with Crippen molar-refractivity contribution in [2.45, 2.75) is 51.9 Å². The summed E-state index contributed by atoms with van der Waals surface area (Å²) in [5, 5.41) is 19.9. The second kappa shape index (κ2) is 4.10. The van der Waals surface area contributed by atoms with E-state index in [0.717, 1.165) is 6.42 Å². The van der Waals surface area contributed by atoms with Gasteiger partial charge in [0, 0.05) is 0 Å². The van der Waals surface area contributed by atoms with E-state index in [1.54, 1.807) is 13.8 Å². The molecule has 1 heterocycles. The van der Waals surface area contributed by atoms with Crippen LogP contribution in [0.25, 0.3) is 0 Å². The molecular formula is C11H20O4. The first-order chi connectivity index (χ1) is 6.84. The van der Waals surface area contributed by atoms with Gasteiger partial charge in [-0.15, -0.1) is 0 Å². The number of carbonyl (C=O) groups is 1. The predicted octanol–water partition coefficient (Wildman–Crippen LogP) is 0.706. The van der Waals surface area contributed by atoms with Gasteiger partial charge in [-0.2, -0.15) is 0 Å². The molecule has 1 rings (SSSR count). The molecular weight excluding hydrogens is 196 g/mol. The molecule has 0 radical (unpaired) electrons. The lowest BCUT2D eigenvalue weighted by atomic mass is 9.82. The first kappa shape index (κ1) is 12.5. The molecule has 0 aromatic rings. The minimum Gasteiger partial charge on any atom is -0.453 e. The first-order valence-electron chi connectivity index (χ1n) is 5.43. The van der Waals surface area contributed by atoms with Gasteiger partial charge in [0.1, 0.15) is 6.10 Å². The molecule has 5 atom stereocenters. The van der Waals surface area contributed by atoms with Crippen LogP contribution in [0.5, 0.6) is 0 Å². The highest BCUT2D eigenvalue weighted by atomic mass is 16.6. The topological polar surface area (TPSA) is 66.8 Å². The summed E-state index contributed by atoms with van der Waals surface area (Å²) >= 11 is 0. The van der Waals surface area contributed by atoms with Crippen LogP contribution in [0.1, 0.15) is 34.1 Å². The number of cyclic esters (lactones) is 1. The molecule has 88 valence electrons. The first-order valence-corrected chi connectivity index (χ1v) is 5.43. The number of rotatable bonds is 3. The highest BCUT2D eigenvalue weighted by Crippen LogP contribution is 2.37. The summed E-state index contributed by atoms with van der Waals surface area (Å²) in [5.41, 5.74) is -1.16. The maximum atomic E-state index is 11.3. The number of hydrogen-bond acceptors (Lipinski definition) is 4. The molecule has 15 heavy (non-hydrogen) atoms. The number of hydrogen-bond donors (Lipinski definition) is 2. The van der Waals surface area contributed by atoms with Crippen LogP contribution >= 0.6 is 0 Å². The maximum Gasteiger partial charge on any atom is 0.312 e. The molecule has 2 N–H and O–H groups in total. The van der Waals surface area contributed by atoms with E-state index >= 15 is 0 Å². The van der Waals surface area contributed by atoms with Gasteiger partial charge in [0.2, 0.25) is 0 Å². The van der Waals surface area contributed by atoms with E-state index in [1.165, 1.54) is 0 Å². The standard InChI is InChI=1S/C11H20O4/c1-5-6(2)8(12)11(4)9(13)7(3)10(14)15-11/h6-9,12-13H,5H2,1-4H3/t6-,7-,8-,9+,11-/m1/s1. The maximum absolute atomic E-state index is 11.3. The average molecular weight is 216 g/mol. The van der Waals surface area contributed by atoms with Crippen LogP contribution < -0.4 is 0 Å². The molecule has 0 aliphatic carbocycles. The van der Waals surface area contributed by atoms with Gasteiger partial charge in [-0.1, -0.05) is 20.3 Å². The quantitative estimate of drug-likeness (QED) is 0.682. The molecule has 0 aromatic heterocycles. The Bertz CT molecular complexity index is 253. The van der Waals surface area contributed by atoms with Crippen LogP contribution in [0, 0.1) is 11.8 Å². The third kappa shape index (κ3) is 1.88. The Hall–Kier alpha value is -0.610. The molecule has 1 aliphatic rings. The third-order valence-corrected chi connectivity index (χ3v) is 3.52. The van der Waals surface area contributed by atoms with Crippen LogP contribution in [-0.2, 0) is 9.53 Å². The zero-order valence-corrected chi connectivity index (χ0v) is 9.73. The molecule has 0 amide bonds. The van der Waals surface area contributed by atoms with Crippen molar-refractivity contribution in [2.75, 3.05) is 0 Å². The molecule has 0 saturated carbocycles. The Balaban J connectivity index is 2.88. The lowest BCUT2D eigenvalue weighted by molar-refractivity contribution is -0.168. The van der Waals surface area contributed by atoms with Gasteiger partial charge in [-0.3, -0.25) is 4.79 Å². The van der Waals surface area contributed by atoms with Crippen molar-refractivity contribution >= 4 is 5.97 Å². The largest absolute Gasteiger partial charge is 0.453 e. The average Bonchev–Trinajstić information content (AvgIpc) is 2.41. The second-order valence-corrected chi connectivity index (χ2v) is 4.67. The van der Waals surface area contributed by atoms with Crippen molar-refractivity contribution in [1.29, 1.82) is 0 Å². The Labute approximate surface area is 90.2 Å². The summed E-state index contributed by atoms with van der Waals surface area (Å²) in [7, 11) is 0. The highest BCUT2D eigenvalue weighted by molar-refractivity contribution is 5.76. The number of aliphatic hydroxyl groups excluding tert-OH is 2. The van der Waals surface area contributed by atoms with Crippen molar-refractivity contribution < 1.29 is 19.7 Å². The number of esters is 1. The Morgan fingerprint density at radius 2 is 2.13 bits per heavy atom. The van der Waals surface area contributed by atoms with E-state index in [0.29, 0.717) is 0 Å². The number of ether oxygens (including phenoxy) is 1. The van der Waals surface area contributed by atoms with E-state index < -0.39 is 29.7 Å². The Morgan fingerprint density at radius 1 is 1.60 bits per heavy atom. The lowest BCUT2D eigenvalue weighted by Gasteiger charge is -2.35. The number of aliphatic hydroxyl groups is 2. The molecule has 1 aliphatic heterocycles. The molecule has 0 unspecified atom stereocenters. The van der Waals surface area contributed by atoms with Gasteiger partial charge in [-0.05, 0) is 19.8 Å². The smallest absolute Gasteiger partial charge is 0.312 e. The normalized spacial score (nSPS) is 40.0. The van der Waals surface area contributed by atoms with Crippen LogP contribution in [0.4, 0.5) is 0 Å². The third-order valence-electron chi connectivity index (χ3n) is 3.52. The van der Waals surface area contributed by atoms with Gasteiger partial charge >= 0.3 is 5.97 Å². The summed E-state index contributed by atoms with van der Waals surface area (Å²) in [5.74, 6) is -1.01. The summed E-state index contributed by atoms with van der Waals surface area (Å²) in [6.07, 6.45) is -0.990. The molecule has 1 fully saturated rings. The van der Waals surface area contributed by atoms with Crippen molar-refractivity contribution in [3.8, 4) is 0 Å². The summed E-state index contributed by atoms with van der Waals surface area (Å²) in [6, 6.07) is 0. The van der Waals surface area contributed by atoms with Crippen LogP contribution in [0.2, 0.25) is 0 Å². The van der Waals surface area contributed by atoms with Crippen LogP contribution in [0.15, 0.2) is 0 Å². The monoisotopic (exact) mass is 216 g/mol. The van der Waals surface area contributed by atoms with Crippen molar-refractivity contribution in [1.82, 2.24) is 0 Å². The fourth-order valence-electron chi connectivity index (χ4n) is 2.02. The van der Waals surface area contributed by atoms with Crippen LogP contribution in [0.3, 0.4) is 0 Å². The van der Waals surface area contributed by atoms with E-state index in [1.807, 2.05) is 13.8 Å². The summed E-state index contributed by atoms with van der Waals surface area (Å²) in [6.45, 7) is 7.03. The van der Waals surface area contributed by atoms with Gasteiger partial charge in [0.05, 0.1) is 12.0 Å². The van der Waals surface area contributed by atoms with Gasteiger partial charge in [0.15, 0.2) is 5.60 Å². The highest BCUT2D eigenvalue weighted by Gasteiger charge is 2.55. The van der Waals surface area contributed by atoms with Gasteiger partial charge in [-0.25, -0.2) is 0 Å². The molecule has 4 nitrogen and oxygen atoms in total. The van der Waals surface area contributed by atoms with E-state index in [-0.39, 0.29) is 5.92 Å². The van der Waals surface area contributed by atoms with Crippen molar-refractivity contribution in [2.24, 2.45) is 11.8 Å². The second-order valence-electron chi connectivity index (χ2n) is 4.67. The fourth-order valence-corrected chi connectivity index (χ4v) is 2.02. The van der Waals surface area contributed by atoms with E-state index in [9.17, 15) is 15.0 Å². The minimum atomic E-state index is -1.16. The number of carbonyl (C=O) groups excluding carboxylic acids is 1. The molecule has 0 aromatic carbocycles.